The average Bonchev–Trinajstić information content (AvgIpc) is 2.92. The van der Waals surface area contributed by atoms with Crippen LogP contribution in [0.15, 0.2) is 59.5 Å². The van der Waals surface area contributed by atoms with Gasteiger partial charge in [0.25, 0.3) is 11.5 Å². The molecule has 38 heavy (non-hydrogen) atoms. The lowest BCUT2D eigenvalue weighted by molar-refractivity contribution is 0.0398. The van der Waals surface area contributed by atoms with E-state index >= 15 is 0 Å². The highest BCUT2D eigenvalue weighted by molar-refractivity contribution is 6.04. The fourth-order valence-corrected chi connectivity index (χ4v) is 4.50. The minimum absolute atomic E-state index is 0.0195. The molecule has 0 radical (unpaired) electrons. The molecule has 3 heterocycles. The van der Waals surface area contributed by atoms with Crippen molar-refractivity contribution in [1.29, 1.82) is 0 Å². The first-order chi connectivity index (χ1) is 18.4. The van der Waals surface area contributed by atoms with Gasteiger partial charge in [-0.25, -0.2) is 9.97 Å². The third-order valence-electron chi connectivity index (χ3n) is 6.67. The van der Waals surface area contributed by atoms with Crippen LogP contribution in [-0.4, -0.2) is 69.8 Å². The quantitative estimate of drug-likeness (QED) is 0.344. The van der Waals surface area contributed by atoms with Crippen molar-refractivity contribution in [2.24, 2.45) is 7.05 Å². The van der Waals surface area contributed by atoms with Gasteiger partial charge in [-0.3, -0.25) is 14.5 Å². The molecule has 10 nitrogen and oxygen atoms in total. The number of nitrogens with zero attached hydrogens (tertiary/aromatic N) is 4. The normalized spacial score (nSPS) is 13.9. The predicted molar refractivity (Wildman–Crippen MR) is 147 cm³/mol. The van der Waals surface area contributed by atoms with Crippen molar-refractivity contribution in [3.8, 4) is 17.0 Å². The number of phenolic OH excluding ortho intramolecular Hbond substituents is 1. The zero-order valence-corrected chi connectivity index (χ0v) is 21.4. The molecule has 0 atom stereocenters. The van der Waals surface area contributed by atoms with Crippen LogP contribution in [0.3, 0.4) is 0 Å². The lowest BCUT2D eigenvalue weighted by Crippen LogP contribution is -2.39. The van der Waals surface area contributed by atoms with E-state index < -0.39 is 0 Å². The number of rotatable bonds is 7. The zero-order chi connectivity index (χ0) is 26.6. The van der Waals surface area contributed by atoms with Crippen LogP contribution in [0.1, 0.15) is 15.9 Å². The predicted octanol–water partition coefficient (Wildman–Crippen LogP) is 3.01. The van der Waals surface area contributed by atoms with E-state index in [1.807, 2.05) is 25.1 Å². The van der Waals surface area contributed by atoms with E-state index in [-0.39, 0.29) is 17.2 Å². The monoisotopic (exact) mass is 514 g/mol. The molecular weight excluding hydrogens is 484 g/mol. The van der Waals surface area contributed by atoms with Crippen LogP contribution in [0.25, 0.3) is 22.2 Å². The fourth-order valence-electron chi connectivity index (χ4n) is 4.50. The van der Waals surface area contributed by atoms with Gasteiger partial charge in [-0.2, -0.15) is 0 Å². The Balaban J connectivity index is 1.38. The first-order valence-electron chi connectivity index (χ1n) is 12.5. The third-order valence-corrected chi connectivity index (χ3v) is 6.67. The number of benzene rings is 2. The summed E-state index contributed by atoms with van der Waals surface area (Å²) in [5.41, 5.74) is 3.45. The number of amides is 1. The molecule has 1 fully saturated rings. The maximum Gasteiger partial charge on any atom is 0.277 e. The van der Waals surface area contributed by atoms with Gasteiger partial charge in [-0.15, -0.1) is 0 Å². The molecule has 10 heteroatoms. The number of pyridine rings is 1. The number of hydrogen-bond acceptors (Lipinski definition) is 8. The van der Waals surface area contributed by atoms with Crippen molar-refractivity contribution in [2.75, 3.05) is 50.0 Å². The molecule has 1 amide bonds. The number of fused-ring (bicyclic) bond motifs is 1. The van der Waals surface area contributed by atoms with Gasteiger partial charge < -0.3 is 25.0 Å². The topological polar surface area (TPSA) is 122 Å². The van der Waals surface area contributed by atoms with Crippen LogP contribution >= 0.6 is 0 Å². The molecule has 4 aromatic rings. The van der Waals surface area contributed by atoms with Crippen LogP contribution in [0.4, 0.5) is 11.6 Å². The number of aromatic nitrogens is 3. The lowest BCUT2D eigenvalue weighted by Gasteiger charge is -2.26. The molecule has 5 rings (SSSR count). The van der Waals surface area contributed by atoms with E-state index in [4.69, 9.17) is 4.74 Å². The highest BCUT2D eigenvalue weighted by Crippen LogP contribution is 2.28. The number of phenols is 1. The fraction of sp³-hybridized carbons (Fsp3) is 0.286. The number of anilines is 2. The molecular formula is C28H30N6O4. The van der Waals surface area contributed by atoms with Crippen molar-refractivity contribution in [3.05, 3.63) is 76.2 Å². The molecule has 0 spiro atoms. The number of ether oxygens (including phenoxy) is 1. The van der Waals surface area contributed by atoms with Crippen LogP contribution in [0.5, 0.6) is 5.75 Å². The Bertz CT molecular complexity index is 1540. The summed E-state index contributed by atoms with van der Waals surface area (Å²) in [6, 6.07) is 13.6. The summed E-state index contributed by atoms with van der Waals surface area (Å²) in [6.45, 7) is 6.77. The minimum atomic E-state index is -0.342. The lowest BCUT2D eigenvalue weighted by atomic mass is 10.0. The molecule has 0 aliphatic carbocycles. The second-order valence-electron chi connectivity index (χ2n) is 9.31. The molecule has 1 aliphatic rings. The van der Waals surface area contributed by atoms with Crippen molar-refractivity contribution in [1.82, 2.24) is 19.4 Å². The number of aromatic hydroxyl groups is 1. The van der Waals surface area contributed by atoms with Crippen molar-refractivity contribution in [3.63, 3.8) is 0 Å². The summed E-state index contributed by atoms with van der Waals surface area (Å²) in [6.07, 6.45) is 1.66. The van der Waals surface area contributed by atoms with Crippen LogP contribution in [0, 0.1) is 6.92 Å². The molecule has 2 aromatic carbocycles. The highest BCUT2D eigenvalue weighted by Gasteiger charge is 2.15. The largest absolute Gasteiger partial charge is 0.508 e. The van der Waals surface area contributed by atoms with Gasteiger partial charge in [0.2, 0.25) is 5.95 Å². The Morgan fingerprint density at radius 1 is 1.13 bits per heavy atom. The SMILES string of the molecule is Cc1ccc(NC(=O)c2cccc(O)c2)cc1-c1cc2cnc(NCCN3CCOCC3)nc2c(=O)n1C. The number of aryl methyl sites for hydroxylation is 1. The molecule has 0 bridgehead atoms. The van der Waals surface area contributed by atoms with Crippen molar-refractivity contribution >= 4 is 28.4 Å². The van der Waals surface area contributed by atoms with Gasteiger partial charge in [-0.05, 0) is 48.9 Å². The van der Waals surface area contributed by atoms with Crippen molar-refractivity contribution in [2.45, 2.75) is 6.92 Å². The van der Waals surface area contributed by atoms with Crippen LogP contribution in [0.2, 0.25) is 0 Å². The Labute approximate surface area is 219 Å². The highest BCUT2D eigenvalue weighted by atomic mass is 16.5. The number of nitrogens with one attached hydrogen (secondary N) is 2. The summed E-state index contributed by atoms with van der Waals surface area (Å²) in [4.78, 5) is 37.2. The molecule has 196 valence electrons. The summed E-state index contributed by atoms with van der Waals surface area (Å²) in [5, 5.41) is 16.4. The second-order valence-corrected chi connectivity index (χ2v) is 9.31. The van der Waals surface area contributed by atoms with Gasteiger partial charge >= 0.3 is 0 Å². The summed E-state index contributed by atoms with van der Waals surface area (Å²) < 4.78 is 6.95. The van der Waals surface area contributed by atoms with E-state index in [2.05, 4.69) is 25.5 Å². The molecule has 3 N–H and O–H groups in total. The molecule has 2 aromatic heterocycles. The van der Waals surface area contributed by atoms with E-state index in [9.17, 15) is 14.7 Å². The molecule has 0 unspecified atom stereocenters. The van der Waals surface area contributed by atoms with Gasteiger partial charge in [0.05, 0.1) is 18.9 Å². The Morgan fingerprint density at radius 2 is 1.95 bits per heavy atom. The average molecular weight is 515 g/mol. The molecule has 1 saturated heterocycles. The van der Waals surface area contributed by atoms with E-state index in [0.717, 1.165) is 44.0 Å². The van der Waals surface area contributed by atoms with Crippen molar-refractivity contribution < 1.29 is 14.6 Å². The smallest absolute Gasteiger partial charge is 0.277 e. The standard InChI is InChI=1S/C28H30N6O4/c1-18-6-7-21(31-26(36)19-4-3-5-22(35)14-19)16-23(18)24-15-20-17-30-28(32-25(20)27(37)33(24)2)29-8-9-34-10-12-38-13-11-34/h3-7,14-17,35H,8-13H2,1-2H3,(H,31,36)(H,29,30,32). The number of hydrogen-bond donors (Lipinski definition) is 3. The Morgan fingerprint density at radius 3 is 2.74 bits per heavy atom. The Kier molecular flexibility index (Phi) is 7.34. The van der Waals surface area contributed by atoms with Gasteiger partial charge in [0.1, 0.15) is 11.3 Å². The third kappa shape index (κ3) is 5.51. The Hall–Kier alpha value is -4.28. The summed E-state index contributed by atoms with van der Waals surface area (Å²) in [5.74, 6) is 0.0969. The van der Waals surface area contributed by atoms with Gasteiger partial charge in [0.15, 0.2) is 0 Å². The minimum Gasteiger partial charge on any atom is -0.508 e. The number of carbonyl (C=O) groups is 1. The first kappa shape index (κ1) is 25.4. The summed E-state index contributed by atoms with van der Waals surface area (Å²) in [7, 11) is 1.71. The zero-order valence-electron chi connectivity index (χ0n) is 21.4. The van der Waals surface area contributed by atoms with Gasteiger partial charge in [-0.1, -0.05) is 12.1 Å². The summed E-state index contributed by atoms with van der Waals surface area (Å²) >= 11 is 0. The maximum atomic E-state index is 13.3. The first-order valence-corrected chi connectivity index (χ1v) is 12.5. The van der Waals surface area contributed by atoms with Gasteiger partial charge in [0, 0.05) is 61.6 Å². The van der Waals surface area contributed by atoms with E-state index in [1.165, 1.54) is 12.1 Å². The van der Waals surface area contributed by atoms with E-state index in [1.54, 1.807) is 36.0 Å². The number of morpholine rings is 1. The van der Waals surface area contributed by atoms with Crippen LogP contribution < -0.4 is 16.2 Å². The molecule has 1 aliphatic heterocycles. The molecule has 0 saturated carbocycles. The van der Waals surface area contributed by atoms with Crippen LogP contribution in [-0.2, 0) is 11.8 Å². The second kappa shape index (κ2) is 11.0. The van der Waals surface area contributed by atoms with E-state index in [0.29, 0.717) is 40.3 Å². The maximum absolute atomic E-state index is 13.3. The number of carbonyl (C=O) groups excluding carboxylic acids is 1.